The fourth-order valence-corrected chi connectivity index (χ4v) is 3.13. The van der Waals surface area contributed by atoms with Gasteiger partial charge in [0.1, 0.15) is 11.6 Å². The average Bonchev–Trinajstić information content (AvgIpc) is 3.28. The molecule has 4 aromatic heterocycles. The van der Waals surface area contributed by atoms with Crippen LogP contribution in [0.4, 0.5) is 11.8 Å². The fourth-order valence-electron chi connectivity index (χ4n) is 3.13. The van der Waals surface area contributed by atoms with Gasteiger partial charge in [-0.3, -0.25) is 9.08 Å². The lowest BCUT2D eigenvalue weighted by Gasteiger charge is -2.07. The van der Waals surface area contributed by atoms with Gasteiger partial charge < -0.3 is 5.32 Å². The number of pyridine rings is 1. The lowest BCUT2D eigenvalue weighted by atomic mass is 10.1. The Morgan fingerprint density at radius 3 is 2.79 bits per heavy atom. The second-order valence-electron chi connectivity index (χ2n) is 7.28. The van der Waals surface area contributed by atoms with Crippen LogP contribution in [-0.4, -0.2) is 34.3 Å². The van der Waals surface area contributed by atoms with Gasteiger partial charge in [0.15, 0.2) is 5.65 Å². The summed E-state index contributed by atoms with van der Waals surface area (Å²) in [6.45, 7) is 4.49. The van der Waals surface area contributed by atoms with E-state index in [0.717, 1.165) is 41.4 Å². The molecule has 4 heterocycles. The molecule has 0 saturated heterocycles. The predicted octanol–water partition coefficient (Wildman–Crippen LogP) is 3.64. The smallest absolute Gasteiger partial charge is 0.228 e. The largest absolute Gasteiger partial charge is 0.309 e. The Balaban J connectivity index is 1.56. The first-order valence-electron chi connectivity index (χ1n) is 9.52. The van der Waals surface area contributed by atoms with Crippen LogP contribution >= 0.6 is 0 Å². The molecule has 0 radical (unpaired) electrons. The van der Waals surface area contributed by atoms with Gasteiger partial charge in [0.2, 0.25) is 5.95 Å². The summed E-state index contributed by atoms with van der Waals surface area (Å²) in [7, 11) is 1.87. The molecular formula is C20H24N8. The molecule has 8 heteroatoms. The zero-order valence-corrected chi connectivity index (χ0v) is 16.4. The zero-order valence-electron chi connectivity index (χ0n) is 16.4. The number of hydrogen-bond acceptors (Lipinski definition) is 6. The van der Waals surface area contributed by atoms with Crippen LogP contribution in [0.5, 0.6) is 0 Å². The molecule has 0 bridgehead atoms. The van der Waals surface area contributed by atoms with Crippen molar-refractivity contribution in [3.05, 3.63) is 48.7 Å². The highest BCUT2D eigenvalue weighted by Crippen LogP contribution is 2.21. The van der Waals surface area contributed by atoms with Gasteiger partial charge in [-0.05, 0) is 30.5 Å². The molecule has 0 aliphatic rings. The number of hydrogen-bond donors (Lipinski definition) is 1. The highest BCUT2D eigenvalue weighted by molar-refractivity contribution is 5.65. The molecule has 0 spiro atoms. The number of aryl methyl sites for hydroxylation is 2. The highest BCUT2D eigenvalue weighted by Gasteiger charge is 2.09. The molecule has 8 nitrogen and oxygen atoms in total. The molecule has 0 aliphatic carbocycles. The van der Waals surface area contributed by atoms with Crippen molar-refractivity contribution in [1.82, 2.24) is 34.3 Å². The highest BCUT2D eigenvalue weighted by atomic mass is 15.3. The number of nitrogens with one attached hydrogen (secondary N) is 1. The van der Waals surface area contributed by atoms with Crippen LogP contribution in [0.2, 0.25) is 0 Å². The third-order valence-electron chi connectivity index (χ3n) is 4.67. The van der Waals surface area contributed by atoms with E-state index < -0.39 is 0 Å². The standard InChI is InChI=1S/C20H24N8/c1-14(2)5-4-6-18-25-26-19-13-15(9-12-28(18)19)16-7-10-21-20(23-16)24-17-8-11-22-27(17)3/h7-14H,4-6H2,1-3H3,(H,21,23,24). The molecule has 28 heavy (non-hydrogen) atoms. The van der Waals surface area contributed by atoms with Crippen molar-refractivity contribution in [1.29, 1.82) is 0 Å². The lowest BCUT2D eigenvalue weighted by molar-refractivity contribution is 0.548. The zero-order chi connectivity index (χ0) is 19.5. The molecule has 0 unspecified atom stereocenters. The summed E-state index contributed by atoms with van der Waals surface area (Å²) in [4.78, 5) is 8.92. The van der Waals surface area contributed by atoms with Gasteiger partial charge in [0, 0.05) is 37.5 Å². The van der Waals surface area contributed by atoms with Gasteiger partial charge in [0.25, 0.3) is 0 Å². The molecule has 0 aromatic carbocycles. The Labute approximate surface area is 163 Å². The van der Waals surface area contributed by atoms with Gasteiger partial charge in [-0.15, -0.1) is 10.2 Å². The van der Waals surface area contributed by atoms with E-state index in [1.165, 1.54) is 6.42 Å². The minimum atomic E-state index is 0.525. The SMILES string of the molecule is CC(C)CCCc1nnc2cc(-c3ccnc(Nc4ccnn4C)n3)ccn12. The van der Waals surface area contributed by atoms with E-state index in [1.54, 1.807) is 17.1 Å². The molecule has 0 aliphatic heterocycles. The normalized spacial score (nSPS) is 11.4. The average molecular weight is 376 g/mol. The van der Waals surface area contributed by atoms with Crippen molar-refractivity contribution in [3.8, 4) is 11.3 Å². The van der Waals surface area contributed by atoms with Crippen LogP contribution in [-0.2, 0) is 13.5 Å². The first-order chi connectivity index (χ1) is 13.6. The monoisotopic (exact) mass is 376 g/mol. The number of nitrogens with zero attached hydrogens (tertiary/aromatic N) is 7. The Morgan fingerprint density at radius 1 is 1.11 bits per heavy atom. The van der Waals surface area contributed by atoms with Crippen molar-refractivity contribution in [2.45, 2.75) is 33.1 Å². The van der Waals surface area contributed by atoms with Crippen molar-refractivity contribution >= 4 is 17.4 Å². The third kappa shape index (κ3) is 3.85. The maximum atomic E-state index is 4.62. The molecular weight excluding hydrogens is 352 g/mol. The van der Waals surface area contributed by atoms with Gasteiger partial charge in [-0.25, -0.2) is 9.97 Å². The van der Waals surface area contributed by atoms with Crippen LogP contribution in [0.1, 0.15) is 32.5 Å². The van der Waals surface area contributed by atoms with Crippen molar-refractivity contribution < 1.29 is 0 Å². The summed E-state index contributed by atoms with van der Waals surface area (Å²) in [6, 6.07) is 7.81. The summed E-state index contributed by atoms with van der Waals surface area (Å²) < 4.78 is 3.79. The number of rotatable bonds is 7. The van der Waals surface area contributed by atoms with E-state index >= 15 is 0 Å². The molecule has 4 rings (SSSR count). The maximum Gasteiger partial charge on any atom is 0.228 e. The Kier molecular flexibility index (Phi) is 5.01. The number of aromatic nitrogens is 7. The summed E-state index contributed by atoms with van der Waals surface area (Å²) >= 11 is 0. The maximum absolute atomic E-state index is 4.62. The van der Waals surface area contributed by atoms with E-state index in [1.807, 2.05) is 37.5 Å². The van der Waals surface area contributed by atoms with Crippen molar-refractivity contribution in [2.75, 3.05) is 5.32 Å². The predicted molar refractivity (Wildman–Crippen MR) is 108 cm³/mol. The summed E-state index contributed by atoms with van der Waals surface area (Å²) in [5, 5.41) is 16.0. The van der Waals surface area contributed by atoms with Crippen LogP contribution < -0.4 is 5.32 Å². The van der Waals surface area contributed by atoms with E-state index in [9.17, 15) is 0 Å². The van der Waals surface area contributed by atoms with E-state index in [4.69, 9.17) is 0 Å². The van der Waals surface area contributed by atoms with Crippen molar-refractivity contribution in [2.24, 2.45) is 13.0 Å². The Morgan fingerprint density at radius 2 is 2.00 bits per heavy atom. The van der Waals surface area contributed by atoms with E-state index in [-0.39, 0.29) is 0 Å². The summed E-state index contributed by atoms with van der Waals surface area (Å²) in [5.41, 5.74) is 2.63. The third-order valence-corrected chi connectivity index (χ3v) is 4.67. The number of anilines is 2. The number of fused-ring (bicyclic) bond motifs is 1. The van der Waals surface area contributed by atoms with Crippen LogP contribution in [0, 0.1) is 5.92 Å². The van der Waals surface area contributed by atoms with Gasteiger partial charge in [-0.1, -0.05) is 20.3 Å². The van der Waals surface area contributed by atoms with Crippen LogP contribution in [0.15, 0.2) is 42.9 Å². The van der Waals surface area contributed by atoms with Crippen LogP contribution in [0.25, 0.3) is 16.9 Å². The van der Waals surface area contributed by atoms with E-state index in [2.05, 4.69) is 48.8 Å². The van der Waals surface area contributed by atoms with Crippen LogP contribution in [0.3, 0.4) is 0 Å². The quantitative estimate of drug-likeness (QED) is 0.530. The minimum absolute atomic E-state index is 0.525. The second-order valence-corrected chi connectivity index (χ2v) is 7.28. The van der Waals surface area contributed by atoms with Crippen molar-refractivity contribution in [3.63, 3.8) is 0 Å². The van der Waals surface area contributed by atoms with Gasteiger partial charge in [0.05, 0.1) is 11.9 Å². The lowest BCUT2D eigenvalue weighted by Crippen LogP contribution is -2.03. The molecule has 1 N–H and O–H groups in total. The first-order valence-corrected chi connectivity index (χ1v) is 9.52. The first kappa shape index (κ1) is 18.1. The Bertz CT molecular complexity index is 1080. The minimum Gasteiger partial charge on any atom is -0.309 e. The molecule has 0 amide bonds. The molecule has 144 valence electrons. The van der Waals surface area contributed by atoms with Gasteiger partial charge in [-0.2, -0.15) is 5.10 Å². The summed E-state index contributed by atoms with van der Waals surface area (Å²) in [6.07, 6.45) is 8.74. The molecule has 0 fully saturated rings. The van der Waals surface area contributed by atoms with Gasteiger partial charge >= 0.3 is 0 Å². The molecule has 0 saturated carbocycles. The summed E-state index contributed by atoms with van der Waals surface area (Å²) in [5.74, 6) is 3.06. The topological polar surface area (TPSA) is 85.8 Å². The molecule has 0 atom stereocenters. The fraction of sp³-hybridized carbons (Fsp3) is 0.350. The molecule has 4 aromatic rings. The second kappa shape index (κ2) is 7.75. The Hall–Kier alpha value is -3.29. The van der Waals surface area contributed by atoms with E-state index in [0.29, 0.717) is 11.9 Å².